The van der Waals surface area contributed by atoms with Gasteiger partial charge in [0.05, 0.1) is 0 Å². The molecular formula is C32H34F2N4O2. The Morgan fingerprint density at radius 3 is 2.12 bits per heavy atom. The number of amidine groups is 1. The summed E-state index contributed by atoms with van der Waals surface area (Å²) < 4.78 is 27.5. The molecule has 0 saturated carbocycles. The van der Waals surface area contributed by atoms with Gasteiger partial charge < -0.3 is 10.2 Å². The summed E-state index contributed by atoms with van der Waals surface area (Å²) in [5, 5.41) is 2.86. The van der Waals surface area contributed by atoms with Crippen molar-refractivity contribution in [2.75, 3.05) is 31.5 Å². The minimum atomic E-state index is -1.37. The minimum Gasteiger partial charge on any atom is -0.326 e. The van der Waals surface area contributed by atoms with E-state index in [2.05, 4.69) is 22.3 Å². The van der Waals surface area contributed by atoms with E-state index < -0.39 is 17.2 Å². The molecule has 8 heteroatoms. The van der Waals surface area contributed by atoms with E-state index in [1.807, 2.05) is 19.1 Å². The zero-order chi connectivity index (χ0) is 28.3. The third-order valence-electron chi connectivity index (χ3n) is 7.92. The highest BCUT2D eigenvalue weighted by atomic mass is 19.1. The number of nitrogens with one attached hydrogen (secondary N) is 1. The average Bonchev–Trinajstić information content (AvgIpc) is 3.20. The molecule has 2 amide bonds. The molecular weight excluding hydrogens is 510 g/mol. The highest BCUT2D eigenvalue weighted by Crippen LogP contribution is 2.40. The predicted octanol–water partition coefficient (Wildman–Crippen LogP) is 5.70. The van der Waals surface area contributed by atoms with Crippen molar-refractivity contribution in [3.8, 4) is 0 Å². The lowest BCUT2D eigenvalue weighted by molar-refractivity contribution is -0.130. The van der Waals surface area contributed by atoms with Crippen LogP contribution in [-0.2, 0) is 15.1 Å². The van der Waals surface area contributed by atoms with Crippen LogP contribution in [0.3, 0.4) is 0 Å². The van der Waals surface area contributed by atoms with Gasteiger partial charge in [-0.15, -0.1) is 0 Å². The summed E-state index contributed by atoms with van der Waals surface area (Å²) in [5.41, 5.74) is 1.82. The summed E-state index contributed by atoms with van der Waals surface area (Å²) >= 11 is 0. The first-order valence-corrected chi connectivity index (χ1v) is 13.8. The van der Waals surface area contributed by atoms with Crippen LogP contribution in [0.25, 0.3) is 0 Å². The van der Waals surface area contributed by atoms with Crippen LogP contribution < -0.4 is 5.32 Å². The maximum Gasteiger partial charge on any atom is 0.265 e. The lowest BCUT2D eigenvalue weighted by Crippen LogP contribution is -2.43. The van der Waals surface area contributed by atoms with E-state index in [1.54, 1.807) is 29.2 Å². The van der Waals surface area contributed by atoms with Crippen molar-refractivity contribution >= 4 is 23.3 Å². The van der Waals surface area contributed by atoms with E-state index in [0.29, 0.717) is 29.4 Å². The number of likely N-dealkylation sites (tertiary alicyclic amines) is 1. The van der Waals surface area contributed by atoms with Crippen LogP contribution in [0.5, 0.6) is 0 Å². The maximum absolute atomic E-state index is 14.0. The van der Waals surface area contributed by atoms with Crippen molar-refractivity contribution in [3.05, 3.63) is 101 Å². The zero-order valence-corrected chi connectivity index (χ0v) is 22.9. The highest BCUT2D eigenvalue weighted by Gasteiger charge is 2.49. The number of benzene rings is 3. The van der Waals surface area contributed by atoms with E-state index in [1.165, 1.54) is 36.8 Å². The first kappa shape index (κ1) is 27.6. The lowest BCUT2D eigenvalue weighted by atomic mass is 9.82. The van der Waals surface area contributed by atoms with Crippen LogP contribution in [0.15, 0.2) is 77.8 Å². The Bertz CT molecular complexity index is 1350. The quantitative estimate of drug-likeness (QED) is 0.396. The fourth-order valence-corrected chi connectivity index (χ4v) is 5.90. The molecule has 3 aromatic carbocycles. The number of anilines is 1. The van der Waals surface area contributed by atoms with Crippen molar-refractivity contribution in [2.24, 2.45) is 4.99 Å². The molecule has 0 aromatic heterocycles. The number of carbonyl (C=O) groups excluding carboxylic acids is 2. The van der Waals surface area contributed by atoms with Gasteiger partial charge in [-0.25, -0.2) is 13.8 Å². The summed E-state index contributed by atoms with van der Waals surface area (Å²) in [6.07, 6.45) is 2.85. The summed E-state index contributed by atoms with van der Waals surface area (Å²) in [6, 6.07) is 19.7. The van der Waals surface area contributed by atoms with Gasteiger partial charge in [0, 0.05) is 19.2 Å². The molecule has 0 radical (unpaired) electrons. The third kappa shape index (κ3) is 5.68. The first-order valence-electron chi connectivity index (χ1n) is 13.8. The molecule has 0 unspecified atom stereocenters. The Kier molecular flexibility index (Phi) is 8.07. The number of carbonyl (C=O) groups is 2. The number of halogens is 2. The molecule has 2 heterocycles. The van der Waals surface area contributed by atoms with E-state index in [-0.39, 0.29) is 11.8 Å². The van der Waals surface area contributed by atoms with Gasteiger partial charge in [0.25, 0.3) is 5.91 Å². The molecule has 40 heavy (non-hydrogen) atoms. The molecule has 0 aliphatic carbocycles. The summed E-state index contributed by atoms with van der Waals surface area (Å²) in [6.45, 7) is 6.62. The smallest absolute Gasteiger partial charge is 0.265 e. The van der Waals surface area contributed by atoms with Crippen molar-refractivity contribution in [2.45, 2.75) is 44.6 Å². The van der Waals surface area contributed by atoms with E-state index in [0.717, 1.165) is 44.6 Å². The van der Waals surface area contributed by atoms with Crippen molar-refractivity contribution < 1.29 is 18.4 Å². The molecule has 0 atom stereocenters. The third-order valence-corrected chi connectivity index (χ3v) is 7.92. The second-order valence-electron chi connectivity index (χ2n) is 10.6. The molecule has 0 bridgehead atoms. The van der Waals surface area contributed by atoms with Crippen LogP contribution in [0.2, 0.25) is 0 Å². The Balaban J connectivity index is 1.22. The minimum absolute atomic E-state index is 0.0729. The normalized spacial score (nSPS) is 17.6. The second-order valence-corrected chi connectivity index (χ2v) is 10.6. The number of rotatable bonds is 8. The fraction of sp³-hybridized carbons (Fsp3) is 0.344. The molecule has 6 nitrogen and oxygen atoms in total. The number of hydrogen-bond acceptors (Lipinski definition) is 4. The molecule has 1 saturated heterocycles. The van der Waals surface area contributed by atoms with Crippen LogP contribution in [0.4, 0.5) is 14.5 Å². The van der Waals surface area contributed by atoms with Crippen LogP contribution in [0.1, 0.15) is 55.7 Å². The highest BCUT2D eigenvalue weighted by molar-refractivity contribution is 6.09. The van der Waals surface area contributed by atoms with Gasteiger partial charge in [-0.05, 0) is 105 Å². The maximum atomic E-state index is 14.0. The Hall–Kier alpha value is -3.91. The van der Waals surface area contributed by atoms with Gasteiger partial charge in [0.1, 0.15) is 17.5 Å². The number of piperidine rings is 1. The standard InChI is InChI=1S/C32H34F2N4O2/c1-22-36-32(26-7-11-28(33)12-8-26,27-9-13-29(34)14-10-27)31(40)38(22)18-4-17-37-19-15-24(16-20-37)25-5-3-6-30(21-25)35-23(2)39/h3,5-14,21,24H,4,15-20H2,1-2H3,(H,35,39). The number of nitrogens with zero attached hydrogens (tertiary/aromatic N) is 3. The molecule has 3 aromatic rings. The van der Waals surface area contributed by atoms with Gasteiger partial charge in [-0.2, -0.15) is 0 Å². The topological polar surface area (TPSA) is 65.0 Å². The largest absolute Gasteiger partial charge is 0.326 e. The molecule has 1 N–H and O–H groups in total. The van der Waals surface area contributed by atoms with Gasteiger partial charge in [0.15, 0.2) is 5.54 Å². The van der Waals surface area contributed by atoms with Crippen LogP contribution in [-0.4, -0.2) is 53.6 Å². The second kappa shape index (κ2) is 11.7. The van der Waals surface area contributed by atoms with Crippen molar-refractivity contribution in [3.63, 3.8) is 0 Å². The summed E-state index contributed by atoms with van der Waals surface area (Å²) in [5.74, 6) is -0.0318. The molecule has 2 aliphatic heterocycles. The Morgan fingerprint density at radius 1 is 0.950 bits per heavy atom. The van der Waals surface area contributed by atoms with Crippen molar-refractivity contribution in [1.82, 2.24) is 9.80 Å². The molecule has 208 valence electrons. The van der Waals surface area contributed by atoms with E-state index in [4.69, 9.17) is 4.99 Å². The first-order chi connectivity index (χ1) is 19.3. The number of aliphatic imine (C=N–C) groups is 1. The molecule has 2 aliphatic rings. The fourth-order valence-electron chi connectivity index (χ4n) is 5.90. The van der Waals surface area contributed by atoms with Gasteiger partial charge in [-0.3, -0.25) is 14.5 Å². The average molecular weight is 545 g/mol. The van der Waals surface area contributed by atoms with Gasteiger partial charge in [0.2, 0.25) is 5.91 Å². The summed E-state index contributed by atoms with van der Waals surface area (Å²) in [7, 11) is 0. The number of amides is 2. The Labute approximate surface area is 233 Å². The van der Waals surface area contributed by atoms with Crippen LogP contribution >= 0.6 is 0 Å². The van der Waals surface area contributed by atoms with E-state index in [9.17, 15) is 18.4 Å². The Morgan fingerprint density at radius 2 is 1.55 bits per heavy atom. The molecule has 0 spiro atoms. The summed E-state index contributed by atoms with van der Waals surface area (Å²) in [4.78, 5) is 34.3. The monoisotopic (exact) mass is 544 g/mol. The zero-order valence-electron chi connectivity index (χ0n) is 22.9. The molecule has 5 rings (SSSR count). The lowest BCUT2D eigenvalue weighted by Gasteiger charge is -2.33. The van der Waals surface area contributed by atoms with Crippen LogP contribution in [0, 0.1) is 11.6 Å². The van der Waals surface area contributed by atoms with Crippen molar-refractivity contribution in [1.29, 1.82) is 0 Å². The molecule has 1 fully saturated rings. The SMILES string of the molecule is CC(=O)Nc1cccc(C2CCN(CCCN3C(=O)C(c4ccc(F)cc4)(c4ccc(F)cc4)N=C3C)CC2)c1. The van der Waals surface area contributed by atoms with E-state index >= 15 is 0 Å². The van der Waals surface area contributed by atoms with Gasteiger partial charge in [-0.1, -0.05) is 36.4 Å². The predicted molar refractivity (Wildman–Crippen MR) is 152 cm³/mol. The number of hydrogen-bond donors (Lipinski definition) is 1. The van der Waals surface area contributed by atoms with Gasteiger partial charge >= 0.3 is 0 Å².